The van der Waals surface area contributed by atoms with Gasteiger partial charge in [0.1, 0.15) is 23.0 Å². The number of hydrogen-bond acceptors (Lipinski definition) is 3. The molecule has 3 nitrogen and oxygen atoms in total. The van der Waals surface area contributed by atoms with Crippen LogP contribution in [0.3, 0.4) is 0 Å². The normalized spacial score (nSPS) is 14.3. The van der Waals surface area contributed by atoms with Gasteiger partial charge < -0.3 is 9.47 Å². The van der Waals surface area contributed by atoms with Crippen LogP contribution in [0.4, 0.5) is 0 Å². The zero-order valence-corrected chi connectivity index (χ0v) is 21.8. The highest BCUT2D eigenvalue weighted by Crippen LogP contribution is 2.55. The number of aromatic nitrogens is 1. The van der Waals surface area contributed by atoms with Crippen molar-refractivity contribution in [2.45, 2.75) is 0 Å². The molecular weight excluding hydrogens is 497 g/mol. The van der Waals surface area contributed by atoms with Crippen LogP contribution in [0.5, 0.6) is 23.0 Å². The Morgan fingerprint density at radius 1 is 0.462 bits per heavy atom. The summed E-state index contributed by atoms with van der Waals surface area (Å²) >= 11 is 0. The number of hydrogen-bond donors (Lipinski definition) is 0. The van der Waals surface area contributed by atoms with Gasteiger partial charge in [-0.15, -0.1) is 0 Å². The molecule has 0 saturated heterocycles. The van der Waals surface area contributed by atoms with Gasteiger partial charge in [-0.25, -0.2) is 0 Å². The lowest BCUT2D eigenvalue weighted by Gasteiger charge is -2.36. The monoisotopic (exact) mass is 519 g/mol. The molecule has 39 heavy (non-hydrogen) atoms. The van der Waals surface area contributed by atoms with Gasteiger partial charge in [0.15, 0.2) is 0 Å². The first-order valence-electron chi connectivity index (χ1n) is 13.0. The standard InChI is InChI=1S/C35H22NO2P/c1-3-7-23(8-4-1)26-11-14-29-32(21-26)39-33-22-27(24-9-5-2-6-10-24)12-15-30(33)38-34-28(25-17-19-36-20-18-25)13-16-31(37-29)35(34)39/h1-22H. The molecule has 3 heterocycles. The van der Waals surface area contributed by atoms with E-state index in [4.69, 9.17) is 9.47 Å². The van der Waals surface area contributed by atoms with Gasteiger partial charge in [0.2, 0.25) is 0 Å². The fourth-order valence-electron chi connectivity index (χ4n) is 5.49. The average Bonchev–Trinajstić information content (AvgIpc) is 3.02. The van der Waals surface area contributed by atoms with E-state index in [2.05, 4.69) is 114 Å². The molecule has 4 heteroatoms. The van der Waals surface area contributed by atoms with E-state index < -0.39 is 7.92 Å². The van der Waals surface area contributed by atoms with Crippen LogP contribution in [0.15, 0.2) is 134 Å². The minimum absolute atomic E-state index is 0.865. The number of nitrogens with zero attached hydrogens (tertiary/aromatic N) is 1. The first-order chi connectivity index (χ1) is 19.3. The third-order valence-corrected chi connectivity index (χ3v) is 9.89. The molecule has 0 N–H and O–H groups in total. The van der Waals surface area contributed by atoms with Gasteiger partial charge in [-0.3, -0.25) is 4.98 Å². The summed E-state index contributed by atoms with van der Waals surface area (Å²) in [6.45, 7) is 0. The van der Waals surface area contributed by atoms with Gasteiger partial charge in [0.05, 0.1) is 5.30 Å². The quantitative estimate of drug-likeness (QED) is 0.221. The molecule has 184 valence electrons. The second-order valence-electron chi connectivity index (χ2n) is 9.66. The maximum absolute atomic E-state index is 6.75. The predicted octanol–water partition coefficient (Wildman–Crippen LogP) is 8.05. The van der Waals surface area contributed by atoms with E-state index in [1.54, 1.807) is 0 Å². The lowest BCUT2D eigenvalue weighted by Crippen LogP contribution is -2.32. The Hall–Kier alpha value is -4.72. The summed E-state index contributed by atoms with van der Waals surface area (Å²) in [6, 6.07) is 42.5. The molecule has 6 aromatic rings. The molecule has 0 aliphatic carbocycles. The molecule has 8 rings (SSSR count). The van der Waals surface area contributed by atoms with E-state index in [9.17, 15) is 0 Å². The van der Waals surface area contributed by atoms with E-state index in [1.165, 1.54) is 32.9 Å². The van der Waals surface area contributed by atoms with Crippen molar-refractivity contribution in [3.05, 3.63) is 134 Å². The second kappa shape index (κ2) is 8.94. The Morgan fingerprint density at radius 3 is 1.64 bits per heavy atom. The Morgan fingerprint density at radius 2 is 1.03 bits per heavy atom. The first kappa shape index (κ1) is 22.3. The highest BCUT2D eigenvalue weighted by molar-refractivity contribution is 7.80. The van der Waals surface area contributed by atoms with Crippen LogP contribution in [0, 0.1) is 0 Å². The molecule has 5 aromatic carbocycles. The smallest absolute Gasteiger partial charge is 0.147 e. The number of pyridine rings is 1. The minimum Gasteiger partial charge on any atom is -0.456 e. The van der Waals surface area contributed by atoms with E-state index >= 15 is 0 Å². The second-order valence-corrected chi connectivity index (χ2v) is 11.7. The van der Waals surface area contributed by atoms with Crippen LogP contribution in [0.1, 0.15) is 0 Å². The van der Waals surface area contributed by atoms with E-state index in [0.717, 1.165) is 39.4 Å². The maximum Gasteiger partial charge on any atom is 0.147 e. The summed E-state index contributed by atoms with van der Waals surface area (Å²) in [5.74, 6) is 3.55. The number of benzene rings is 5. The molecule has 2 aliphatic heterocycles. The zero-order chi connectivity index (χ0) is 25.8. The largest absolute Gasteiger partial charge is 0.456 e. The predicted molar refractivity (Wildman–Crippen MR) is 159 cm³/mol. The lowest BCUT2D eigenvalue weighted by atomic mass is 10.0. The third kappa shape index (κ3) is 3.66. The van der Waals surface area contributed by atoms with Crippen molar-refractivity contribution >= 4 is 23.8 Å². The van der Waals surface area contributed by atoms with Crippen LogP contribution in [0.2, 0.25) is 0 Å². The van der Waals surface area contributed by atoms with Crippen molar-refractivity contribution in [3.63, 3.8) is 0 Å². The van der Waals surface area contributed by atoms with E-state index in [0.29, 0.717) is 0 Å². The van der Waals surface area contributed by atoms with Crippen molar-refractivity contribution in [2.75, 3.05) is 0 Å². The molecule has 0 fully saturated rings. The van der Waals surface area contributed by atoms with Crippen molar-refractivity contribution in [1.29, 1.82) is 0 Å². The lowest BCUT2D eigenvalue weighted by molar-refractivity contribution is 0.468. The van der Waals surface area contributed by atoms with Crippen LogP contribution < -0.4 is 25.4 Å². The van der Waals surface area contributed by atoms with E-state index in [-0.39, 0.29) is 0 Å². The first-order valence-corrected chi connectivity index (χ1v) is 14.3. The number of rotatable bonds is 3. The highest BCUT2D eigenvalue weighted by Gasteiger charge is 2.38. The average molecular weight is 520 g/mol. The SMILES string of the molecule is c1ccc(-c2ccc3c(c2)P2c4cc(-c5ccccc5)ccc4Oc4c(-c5ccncc5)ccc(c42)O3)cc1. The summed E-state index contributed by atoms with van der Waals surface area (Å²) < 4.78 is 13.3. The molecule has 1 aromatic heterocycles. The molecular formula is C35H22NO2P. The summed E-state index contributed by atoms with van der Waals surface area (Å²) in [7, 11) is -0.936. The van der Waals surface area contributed by atoms with Gasteiger partial charge in [-0.05, 0) is 76.3 Å². The van der Waals surface area contributed by atoms with Crippen molar-refractivity contribution in [2.24, 2.45) is 0 Å². The molecule has 0 amide bonds. The van der Waals surface area contributed by atoms with Crippen LogP contribution >= 0.6 is 7.92 Å². The van der Waals surface area contributed by atoms with Gasteiger partial charge in [-0.2, -0.15) is 0 Å². The van der Waals surface area contributed by atoms with Gasteiger partial charge in [0.25, 0.3) is 0 Å². The summed E-state index contributed by atoms with van der Waals surface area (Å²) in [5.41, 5.74) is 6.88. The van der Waals surface area contributed by atoms with Crippen molar-refractivity contribution in [1.82, 2.24) is 4.98 Å². The summed E-state index contributed by atoms with van der Waals surface area (Å²) in [4.78, 5) is 4.22. The number of fused-ring (bicyclic) bond motifs is 4. The van der Waals surface area contributed by atoms with Gasteiger partial charge >= 0.3 is 0 Å². The van der Waals surface area contributed by atoms with Crippen LogP contribution in [0.25, 0.3) is 33.4 Å². The highest BCUT2D eigenvalue weighted by atomic mass is 31.1. The molecule has 0 saturated carbocycles. The molecule has 0 spiro atoms. The van der Waals surface area contributed by atoms with Gasteiger partial charge in [0, 0.05) is 36.5 Å². The minimum atomic E-state index is -0.936. The van der Waals surface area contributed by atoms with Crippen molar-refractivity contribution in [3.8, 4) is 56.4 Å². The fourth-order valence-corrected chi connectivity index (χ4v) is 8.15. The maximum atomic E-state index is 6.75. The van der Waals surface area contributed by atoms with Crippen molar-refractivity contribution < 1.29 is 9.47 Å². The van der Waals surface area contributed by atoms with Gasteiger partial charge in [-0.1, -0.05) is 72.8 Å². The molecule has 0 bridgehead atoms. The van der Waals surface area contributed by atoms with Crippen LogP contribution in [-0.2, 0) is 0 Å². The van der Waals surface area contributed by atoms with Crippen LogP contribution in [-0.4, -0.2) is 4.98 Å². The molecule has 1 atom stereocenters. The molecule has 1 unspecified atom stereocenters. The Kier molecular flexibility index (Phi) is 5.11. The summed E-state index contributed by atoms with van der Waals surface area (Å²) in [6.07, 6.45) is 3.65. The Labute approximate surface area is 228 Å². The fraction of sp³-hybridized carbons (Fsp3) is 0. The third-order valence-electron chi connectivity index (χ3n) is 7.36. The Bertz CT molecular complexity index is 1800. The molecule has 0 radical (unpaired) electrons. The Balaban J connectivity index is 1.38. The molecule has 2 aliphatic rings. The van der Waals surface area contributed by atoms with E-state index in [1.807, 2.05) is 24.5 Å². The topological polar surface area (TPSA) is 31.4 Å². The zero-order valence-electron chi connectivity index (χ0n) is 20.9. The number of ether oxygens (including phenoxy) is 2. The summed E-state index contributed by atoms with van der Waals surface area (Å²) in [5, 5.41) is 3.55.